The fourth-order valence-electron chi connectivity index (χ4n) is 1.52. The largest absolute Gasteiger partial charge is 0.466 e. The van der Waals surface area contributed by atoms with E-state index in [1.54, 1.807) is 12.3 Å². The molecule has 17 heavy (non-hydrogen) atoms. The first-order valence-corrected chi connectivity index (χ1v) is 5.16. The second kappa shape index (κ2) is 5.12. The van der Waals surface area contributed by atoms with Crippen molar-refractivity contribution in [3.63, 3.8) is 0 Å². The van der Waals surface area contributed by atoms with E-state index < -0.39 is 0 Å². The Hall–Kier alpha value is -2.36. The fraction of sp³-hybridized carbons (Fsp3) is 0.0769. The van der Waals surface area contributed by atoms with Crippen LogP contribution >= 0.6 is 0 Å². The minimum Gasteiger partial charge on any atom is -0.466 e. The zero-order chi connectivity index (χ0) is 12.1. The summed E-state index contributed by atoms with van der Waals surface area (Å²) in [6, 6.07) is 9.62. The molecule has 0 radical (unpaired) electrons. The summed E-state index contributed by atoms with van der Waals surface area (Å²) in [5.41, 5.74) is 2.84. The van der Waals surface area contributed by atoms with E-state index in [1.807, 2.05) is 30.3 Å². The molecular formula is C13H12N2O2. The van der Waals surface area contributed by atoms with Crippen LogP contribution in [-0.4, -0.2) is 23.3 Å². The predicted octanol–water partition coefficient (Wildman–Crippen LogP) is 2.26. The summed E-state index contributed by atoms with van der Waals surface area (Å²) in [5.74, 6) is -0.371. The van der Waals surface area contributed by atoms with Crippen molar-refractivity contribution < 1.29 is 9.53 Å². The number of nitrogens with one attached hydrogen (secondary N) is 1. The van der Waals surface area contributed by atoms with Crippen LogP contribution in [-0.2, 0) is 9.53 Å². The number of benzene rings is 1. The van der Waals surface area contributed by atoms with Gasteiger partial charge in [-0.15, -0.1) is 0 Å². The lowest BCUT2D eigenvalue weighted by molar-refractivity contribution is -0.134. The van der Waals surface area contributed by atoms with Gasteiger partial charge in [-0.25, -0.2) is 4.79 Å². The normalized spacial score (nSPS) is 10.6. The van der Waals surface area contributed by atoms with E-state index in [0.717, 1.165) is 16.8 Å². The fourth-order valence-corrected chi connectivity index (χ4v) is 1.52. The van der Waals surface area contributed by atoms with Crippen LogP contribution in [0.15, 0.2) is 42.6 Å². The highest BCUT2D eigenvalue weighted by Gasteiger charge is 2.03. The maximum absolute atomic E-state index is 11.1. The van der Waals surface area contributed by atoms with Gasteiger partial charge in [-0.05, 0) is 17.7 Å². The molecule has 0 bridgehead atoms. The number of carbonyl (C=O) groups excluding carboxylic acids is 1. The van der Waals surface area contributed by atoms with Crippen molar-refractivity contribution in [2.24, 2.45) is 0 Å². The second-order valence-corrected chi connectivity index (χ2v) is 3.41. The summed E-state index contributed by atoms with van der Waals surface area (Å²) >= 11 is 0. The molecule has 4 heteroatoms. The van der Waals surface area contributed by atoms with Gasteiger partial charge >= 0.3 is 5.97 Å². The van der Waals surface area contributed by atoms with Crippen LogP contribution < -0.4 is 0 Å². The molecule has 0 fully saturated rings. The maximum Gasteiger partial charge on any atom is 0.330 e. The monoisotopic (exact) mass is 228 g/mol. The molecule has 2 aromatic rings. The number of H-pyrrole nitrogens is 1. The van der Waals surface area contributed by atoms with Crippen LogP contribution in [0.2, 0.25) is 0 Å². The van der Waals surface area contributed by atoms with E-state index >= 15 is 0 Å². The van der Waals surface area contributed by atoms with Gasteiger partial charge in [0.2, 0.25) is 0 Å². The molecule has 0 saturated carbocycles. The molecule has 0 aliphatic carbocycles. The van der Waals surface area contributed by atoms with Gasteiger partial charge in [0.1, 0.15) is 0 Å². The zero-order valence-electron chi connectivity index (χ0n) is 9.38. The lowest BCUT2D eigenvalue weighted by atomic mass is 10.0. The van der Waals surface area contributed by atoms with Crippen molar-refractivity contribution in [3.8, 4) is 11.3 Å². The Bertz CT molecular complexity index is 530. The first-order chi connectivity index (χ1) is 8.31. The topological polar surface area (TPSA) is 55.0 Å². The predicted molar refractivity (Wildman–Crippen MR) is 65.1 cm³/mol. The molecule has 1 aromatic heterocycles. The zero-order valence-corrected chi connectivity index (χ0v) is 9.38. The molecule has 0 atom stereocenters. The average molecular weight is 228 g/mol. The third-order valence-electron chi connectivity index (χ3n) is 2.35. The van der Waals surface area contributed by atoms with E-state index in [4.69, 9.17) is 0 Å². The van der Waals surface area contributed by atoms with Gasteiger partial charge in [-0.2, -0.15) is 5.10 Å². The quantitative estimate of drug-likeness (QED) is 0.647. The van der Waals surface area contributed by atoms with Crippen molar-refractivity contribution in [1.82, 2.24) is 10.2 Å². The number of carbonyl (C=O) groups is 1. The SMILES string of the molecule is COC(=O)C=Cc1ccccc1-c1ccn[nH]1. The van der Waals surface area contributed by atoms with Crippen molar-refractivity contribution in [2.45, 2.75) is 0 Å². The number of aromatic nitrogens is 2. The molecule has 0 unspecified atom stereocenters. The van der Waals surface area contributed by atoms with E-state index in [1.165, 1.54) is 13.2 Å². The molecule has 0 aliphatic rings. The standard InChI is InChI=1S/C13H12N2O2/c1-17-13(16)7-6-10-4-2-3-5-11(10)12-8-9-14-15-12/h2-9H,1H3,(H,14,15). The Morgan fingerprint density at radius 1 is 1.35 bits per heavy atom. The van der Waals surface area contributed by atoms with Crippen molar-refractivity contribution >= 4 is 12.0 Å². The lowest BCUT2D eigenvalue weighted by Crippen LogP contribution is -1.93. The molecule has 0 aliphatic heterocycles. The maximum atomic E-state index is 11.1. The summed E-state index contributed by atoms with van der Waals surface area (Å²) in [6.45, 7) is 0. The van der Waals surface area contributed by atoms with E-state index in [0.29, 0.717) is 0 Å². The van der Waals surface area contributed by atoms with Crippen LogP contribution in [0.1, 0.15) is 5.56 Å². The number of ether oxygens (including phenoxy) is 1. The number of methoxy groups -OCH3 is 1. The molecule has 4 nitrogen and oxygen atoms in total. The molecule has 0 amide bonds. The third kappa shape index (κ3) is 2.60. The van der Waals surface area contributed by atoms with Gasteiger partial charge in [0.05, 0.1) is 12.8 Å². The first kappa shape index (κ1) is 11.1. The van der Waals surface area contributed by atoms with Gasteiger partial charge in [0, 0.05) is 17.8 Å². The average Bonchev–Trinajstić information content (AvgIpc) is 2.90. The summed E-state index contributed by atoms with van der Waals surface area (Å²) in [4.78, 5) is 11.1. The highest BCUT2D eigenvalue weighted by molar-refractivity contribution is 5.88. The van der Waals surface area contributed by atoms with Crippen LogP contribution in [0.4, 0.5) is 0 Å². The van der Waals surface area contributed by atoms with E-state index in [-0.39, 0.29) is 5.97 Å². The minimum atomic E-state index is -0.371. The smallest absolute Gasteiger partial charge is 0.330 e. The van der Waals surface area contributed by atoms with Gasteiger partial charge in [-0.3, -0.25) is 5.10 Å². The Morgan fingerprint density at radius 3 is 2.88 bits per heavy atom. The molecule has 0 saturated heterocycles. The second-order valence-electron chi connectivity index (χ2n) is 3.41. The summed E-state index contributed by atoms with van der Waals surface area (Å²) in [7, 11) is 1.35. The molecule has 1 aromatic carbocycles. The van der Waals surface area contributed by atoms with Crippen LogP contribution in [0.25, 0.3) is 17.3 Å². The van der Waals surface area contributed by atoms with E-state index in [9.17, 15) is 4.79 Å². The number of rotatable bonds is 3. The van der Waals surface area contributed by atoms with Gasteiger partial charge in [0.15, 0.2) is 0 Å². The number of esters is 1. The van der Waals surface area contributed by atoms with Gasteiger partial charge < -0.3 is 4.74 Å². The molecular weight excluding hydrogens is 216 g/mol. The molecule has 1 N–H and O–H groups in total. The summed E-state index contributed by atoms with van der Waals surface area (Å²) < 4.78 is 4.56. The summed E-state index contributed by atoms with van der Waals surface area (Å²) in [5, 5.41) is 6.81. The Morgan fingerprint density at radius 2 is 2.18 bits per heavy atom. The van der Waals surface area contributed by atoms with Gasteiger partial charge in [-0.1, -0.05) is 24.3 Å². The molecule has 86 valence electrons. The minimum absolute atomic E-state index is 0.371. The Labute approximate surface area is 98.9 Å². The first-order valence-electron chi connectivity index (χ1n) is 5.16. The third-order valence-corrected chi connectivity index (χ3v) is 2.35. The lowest BCUT2D eigenvalue weighted by Gasteiger charge is -2.02. The van der Waals surface area contributed by atoms with Crippen molar-refractivity contribution in [2.75, 3.05) is 7.11 Å². The van der Waals surface area contributed by atoms with Gasteiger partial charge in [0.25, 0.3) is 0 Å². The summed E-state index contributed by atoms with van der Waals surface area (Å²) in [6.07, 6.45) is 4.81. The molecule has 1 heterocycles. The van der Waals surface area contributed by atoms with Crippen LogP contribution in [0.3, 0.4) is 0 Å². The van der Waals surface area contributed by atoms with Crippen molar-refractivity contribution in [1.29, 1.82) is 0 Å². The highest BCUT2D eigenvalue weighted by atomic mass is 16.5. The Kier molecular flexibility index (Phi) is 3.35. The number of nitrogens with zero attached hydrogens (tertiary/aromatic N) is 1. The molecule has 0 spiro atoms. The van der Waals surface area contributed by atoms with Crippen molar-refractivity contribution in [3.05, 3.63) is 48.2 Å². The number of aromatic amines is 1. The van der Waals surface area contributed by atoms with E-state index in [2.05, 4.69) is 14.9 Å². The number of hydrogen-bond acceptors (Lipinski definition) is 3. The highest BCUT2D eigenvalue weighted by Crippen LogP contribution is 2.22. The van der Waals surface area contributed by atoms with Crippen LogP contribution in [0.5, 0.6) is 0 Å². The Balaban J connectivity index is 2.35. The molecule has 2 rings (SSSR count). The van der Waals surface area contributed by atoms with Crippen LogP contribution in [0, 0.1) is 0 Å². The number of hydrogen-bond donors (Lipinski definition) is 1.